The maximum Gasteiger partial charge on any atom is 2.00 e. The molecule has 3 heteroatoms. The zero-order valence-electron chi connectivity index (χ0n) is 15.1. The Kier molecular flexibility index (Phi) is 17.7. The first kappa shape index (κ1) is 24.7. The normalized spacial score (nSPS) is 11.4. The molecule has 0 bridgehead atoms. The monoisotopic (exact) mass is 280 g/mol. The van der Waals surface area contributed by atoms with Crippen molar-refractivity contribution in [3.05, 3.63) is 13.1 Å². The summed E-state index contributed by atoms with van der Waals surface area (Å²) in [6, 6.07) is 2.54. The van der Waals surface area contributed by atoms with Crippen molar-refractivity contribution in [2.24, 2.45) is 0 Å². The number of hydrogen-bond acceptors (Lipinski definition) is 2. The summed E-state index contributed by atoms with van der Waals surface area (Å²) in [7, 11) is 0. The van der Waals surface area contributed by atoms with Crippen molar-refractivity contribution in [2.75, 3.05) is 0 Å². The third-order valence-corrected chi connectivity index (χ3v) is 2.98. The summed E-state index contributed by atoms with van der Waals surface area (Å²) in [5.74, 6) is 0. The fourth-order valence-corrected chi connectivity index (χ4v) is 2.39. The molecule has 0 aliphatic carbocycles. The molecule has 0 aliphatic rings. The summed E-state index contributed by atoms with van der Waals surface area (Å²) in [4.78, 5) is 4.67. The van der Waals surface area contributed by atoms with Gasteiger partial charge in [-0.3, -0.25) is 13.1 Å². The van der Waals surface area contributed by atoms with Gasteiger partial charge < -0.3 is 9.80 Å². The molecule has 0 saturated carbocycles. The van der Waals surface area contributed by atoms with Crippen LogP contribution in [0.2, 0.25) is 0 Å². The van der Waals surface area contributed by atoms with E-state index in [1.165, 1.54) is 0 Å². The number of nitrogens with zero attached hydrogens (tertiary/aromatic N) is 2. The minimum atomic E-state index is 0. The van der Waals surface area contributed by atoms with Crippen molar-refractivity contribution in [1.29, 1.82) is 0 Å². The van der Waals surface area contributed by atoms with Gasteiger partial charge in [-0.2, -0.15) is 13.8 Å². The van der Waals surface area contributed by atoms with E-state index in [9.17, 15) is 0 Å². The zero-order valence-corrected chi connectivity index (χ0v) is 16.5. The standard InChI is InChI=1S/2C8H18N.Mg/c2*1-6-9(7(2)3)8(4)5;/h2*6-8H,1-5H3;/q2*-1;+2. The van der Waals surface area contributed by atoms with Gasteiger partial charge in [-0.15, -0.1) is 0 Å². The van der Waals surface area contributed by atoms with Crippen LogP contribution in [-0.4, -0.2) is 57.0 Å². The van der Waals surface area contributed by atoms with Gasteiger partial charge >= 0.3 is 23.1 Å². The molecule has 0 aromatic carbocycles. The Balaban J connectivity index is -0.000000256. The summed E-state index contributed by atoms with van der Waals surface area (Å²) in [5.41, 5.74) is 0. The van der Waals surface area contributed by atoms with Crippen LogP contribution in [-0.2, 0) is 0 Å². The van der Waals surface area contributed by atoms with E-state index in [0.29, 0.717) is 24.2 Å². The summed E-state index contributed by atoms with van der Waals surface area (Å²) in [6.07, 6.45) is 0. The maximum absolute atomic E-state index is 2.33. The third kappa shape index (κ3) is 12.2. The van der Waals surface area contributed by atoms with Crippen LogP contribution < -0.4 is 0 Å². The quantitative estimate of drug-likeness (QED) is 0.532. The molecular weight excluding hydrogens is 244 g/mol. The molecule has 0 radical (unpaired) electrons. The Labute approximate surface area is 139 Å². The zero-order chi connectivity index (χ0) is 14.9. The topological polar surface area (TPSA) is 6.48 Å². The van der Waals surface area contributed by atoms with Gasteiger partial charge in [-0.25, -0.2) is 0 Å². The third-order valence-electron chi connectivity index (χ3n) is 2.98. The van der Waals surface area contributed by atoms with E-state index in [1.54, 1.807) is 0 Å². The summed E-state index contributed by atoms with van der Waals surface area (Å²) < 4.78 is 0. The van der Waals surface area contributed by atoms with Crippen LogP contribution >= 0.6 is 0 Å². The largest absolute Gasteiger partial charge is 2.00 e. The molecule has 0 N–H and O–H groups in total. The fraction of sp³-hybridized carbons (Fsp3) is 0.875. The molecule has 0 fully saturated rings. The average Bonchev–Trinajstić information content (AvgIpc) is 2.17. The molecule has 112 valence electrons. The molecule has 0 aliphatic heterocycles. The first-order chi connectivity index (χ1) is 8.18. The van der Waals surface area contributed by atoms with Crippen LogP contribution in [0.15, 0.2) is 0 Å². The molecule has 0 amide bonds. The molecule has 2 nitrogen and oxygen atoms in total. The Hall–Kier alpha value is 0.686. The van der Waals surface area contributed by atoms with Crippen molar-refractivity contribution < 1.29 is 0 Å². The Morgan fingerprint density at radius 1 is 0.526 bits per heavy atom. The van der Waals surface area contributed by atoms with Gasteiger partial charge in [0.1, 0.15) is 0 Å². The summed E-state index contributed by atoms with van der Waals surface area (Å²) in [6.45, 7) is 26.1. The second kappa shape index (κ2) is 13.7. The predicted octanol–water partition coefficient (Wildman–Crippen LogP) is 4.19. The van der Waals surface area contributed by atoms with Gasteiger partial charge in [-0.1, -0.05) is 55.4 Å². The van der Waals surface area contributed by atoms with Crippen LogP contribution in [0.3, 0.4) is 0 Å². The molecule has 0 unspecified atom stereocenters. The van der Waals surface area contributed by atoms with Gasteiger partial charge in [0.15, 0.2) is 0 Å². The molecule has 0 atom stereocenters. The Morgan fingerprint density at radius 2 is 0.684 bits per heavy atom. The van der Waals surface area contributed by atoms with E-state index in [-0.39, 0.29) is 23.1 Å². The maximum atomic E-state index is 2.33. The van der Waals surface area contributed by atoms with E-state index < -0.39 is 0 Å². The van der Waals surface area contributed by atoms with E-state index in [1.807, 2.05) is 0 Å². The average molecular weight is 281 g/mol. The van der Waals surface area contributed by atoms with Crippen LogP contribution in [0.25, 0.3) is 0 Å². The second-order valence-corrected chi connectivity index (χ2v) is 5.79. The summed E-state index contributed by atoms with van der Waals surface area (Å²) >= 11 is 0. The van der Waals surface area contributed by atoms with Crippen molar-refractivity contribution in [2.45, 2.75) is 93.4 Å². The van der Waals surface area contributed by atoms with Crippen molar-refractivity contribution in [1.82, 2.24) is 9.80 Å². The smallest absolute Gasteiger partial charge is 0.452 e. The molecule has 0 aromatic heterocycles. The first-order valence-corrected chi connectivity index (χ1v) is 7.32. The van der Waals surface area contributed by atoms with E-state index in [4.69, 9.17) is 0 Å². The molecular formula is C16H36MgN2. The SMILES string of the molecule is C[CH-]N(C(C)C)C(C)C.C[CH-]N(C(C)C)C(C)C.[Mg+2]. The molecule has 0 rings (SSSR count). The van der Waals surface area contributed by atoms with Crippen LogP contribution in [0.4, 0.5) is 0 Å². The Bertz CT molecular complexity index is 144. The Morgan fingerprint density at radius 3 is 0.684 bits per heavy atom. The number of rotatable bonds is 6. The molecule has 0 aromatic rings. The van der Waals surface area contributed by atoms with Crippen molar-refractivity contribution >= 4 is 23.1 Å². The van der Waals surface area contributed by atoms with Gasteiger partial charge in [0, 0.05) is 0 Å². The molecule has 0 spiro atoms. The second-order valence-electron chi connectivity index (χ2n) is 5.79. The predicted molar refractivity (Wildman–Crippen MR) is 89.9 cm³/mol. The molecule has 19 heavy (non-hydrogen) atoms. The van der Waals surface area contributed by atoms with Gasteiger partial charge in [-0.05, 0) is 24.2 Å². The van der Waals surface area contributed by atoms with E-state index in [2.05, 4.69) is 92.1 Å². The van der Waals surface area contributed by atoms with Crippen molar-refractivity contribution in [3.8, 4) is 0 Å². The van der Waals surface area contributed by atoms with Gasteiger partial charge in [0.25, 0.3) is 0 Å². The minimum absolute atomic E-state index is 0. The van der Waals surface area contributed by atoms with Gasteiger partial charge in [0.2, 0.25) is 0 Å². The van der Waals surface area contributed by atoms with Crippen LogP contribution in [0, 0.1) is 13.1 Å². The summed E-state index contributed by atoms with van der Waals surface area (Å²) in [5, 5.41) is 0. The van der Waals surface area contributed by atoms with Gasteiger partial charge in [0.05, 0.1) is 0 Å². The molecule has 0 saturated heterocycles. The van der Waals surface area contributed by atoms with E-state index in [0.717, 1.165) is 0 Å². The fourth-order valence-electron chi connectivity index (χ4n) is 2.39. The van der Waals surface area contributed by atoms with Crippen LogP contribution in [0.5, 0.6) is 0 Å². The minimum Gasteiger partial charge on any atom is -0.452 e. The molecule has 0 heterocycles. The van der Waals surface area contributed by atoms with E-state index >= 15 is 0 Å². The first-order valence-electron chi connectivity index (χ1n) is 7.32. The number of hydrogen-bond donors (Lipinski definition) is 0. The van der Waals surface area contributed by atoms with Crippen molar-refractivity contribution in [3.63, 3.8) is 0 Å². The van der Waals surface area contributed by atoms with Crippen LogP contribution in [0.1, 0.15) is 69.2 Å².